The Morgan fingerprint density at radius 3 is 2.59 bits per heavy atom. The number of aromatic nitrogens is 2. The van der Waals surface area contributed by atoms with E-state index in [9.17, 15) is 0 Å². The van der Waals surface area contributed by atoms with Crippen LogP contribution in [0, 0.1) is 5.92 Å². The summed E-state index contributed by atoms with van der Waals surface area (Å²) < 4.78 is 5.79. The molecule has 1 heterocycles. The van der Waals surface area contributed by atoms with Crippen molar-refractivity contribution in [1.29, 1.82) is 0 Å². The molecule has 0 saturated heterocycles. The minimum Gasteiger partial charge on any atom is -0.474 e. The Kier molecular flexibility index (Phi) is 3.47. The van der Waals surface area contributed by atoms with E-state index in [1.807, 2.05) is 6.92 Å². The van der Waals surface area contributed by atoms with Gasteiger partial charge in [-0.3, -0.25) is 0 Å². The number of hydrogen-bond donors (Lipinski definition) is 2. The molecule has 0 spiro atoms. The summed E-state index contributed by atoms with van der Waals surface area (Å²) in [4.78, 5) is 8.78. The maximum atomic E-state index is 5.79. The highest BCUT2D eigenvalue weighted by Gasteiger charge is 2.27. The molecule has 5 nitrogen and oxygen atoms in total. The van der Waals surface area contributed by atoms with Gasteiger partial charge in [-0.05, 0) is 25.7 Å². The van der Waals surface area contributed by atoms with E-state index in [-0.39, 0.29) is 6.10 Å². The van der Waals surface area contributed by atoms with Crippen LogP contribution in [-0.2, 0) is 0 Å². The van der Waals surface area contributed by atoms with Crippen LogP contribution in [0.15, 0.2) is 6.07 Å². The van der Waals surface area contributed by atoms with Crippen LogP contribution in [0.5, 0.6) is 5.88 Å². The van der Waals surface area contributed by atoms with Crippen molar-refractivity contribution in [2.45, 2.75) is 45.6 Å². The summed E-state index contributed by atoms with van der Waals surface area (Å²) >= 11 is 0. The zero-order chi connectivity index (χ0) is 12.4. The second-order valence-electron chi connectivity index (χ2n) is 4.94. The molecule has 1 aliphatic carbocycles. The molecule has 1 fully saturated rings. The van der Waals surface area contributed by atoms with Crippen LogP contribution in [0.25, 0.3) is 0 Å². The van der Waals surface area contributed by atoms with E-state index in [1.165, 1.54) is 0 Å². The van der Waals surface area contributed by atoms with Crippen LogP contribution in [0.1, 0.15) is 45.4 Å². The summed E-state index contributed by atoms with van der Waals surface area (Å²) in [6.45, 7) is 6.28. The molecular formula is C12H20N4O. The molecule has 1 aliphatic rings. The van der Waals surface area contributed by atoms with Crippen LogP contribution < -0.4 is 16.0 Å². The normalized spacial score (nSPS) is 17.0. The highest BCUT2D eigenvalue weighted by atomic mass is 16.5. The quantitative estimate of drug-likeness (QED) is 0.604. The maximum Gasteiger partial charge on any atom is 0.219 e. The lowest BCUT2D eigenvalue weighted by molar-refractivity contribution is 0.163. The van der Waals surface area contributed by atoms with Gasteiger partial charge in [0.1, 0.15) is 11.6 Å². The third-order valence-corrected chi connectivity index (χ3v) is 3.06. The molecule has 0 amide bonds. The number of hydrazine groups is 1. The number of nitrogens with one attached hydrogen (secondary N) is 1. The van der Waals surface area contributed by atoms with Crippen molar-refractivity contribution in [3.63, 3.8) is 0 Å². The van der Waals surface area contributed by atoms with Crippen molar-refractivity contribution in [1.82, 2.24) is 9.97 Å². The molecule has 0 bridgehead atoms. The highest BCUT2D eigenvalue weighted by Crippen LogP contribution is 2.39. The van der Waals surface area contributed by atoms with E-state index in [0.717, 1.165) is 18.7 Å². The molecule has 0 aliphatic heterocycles. The molecule has 0 radical (unpaired) electrons. The summed E-state index contributed by atoms with van der Waals surface area (Å²) in [5, 5.41) is 0. The summed E-state index contributed by atoms with van der Waals surface area (Å²) in [5.74, 6) is 8.40. The molecule has 1 aromatic rings. The van der Waals surface area contributed by atoms with Gasteiger partial charge in [-0.15, -0.1) is 0 Å². The minimum atomic E-state index is 0.127. The maximum absolute atomic E-state index is 5.79. The fourth-order valence-corrected chi connectivity index (χ4v) is 1.43. The molecule has 17 heavy (non-hydrogen) atoms. The Labute approximate surface area is 102 Å². The molecular weight excluding hydrogens is 216 g/mol. The lowest BCUT2D eigenvalue weighted by Gasteiger charge is -2.18. The lowest BCUT2D eigenvalue weighted by atomic mass is 10.1. The lowest BCUT2D eigenvalue weighted by Crippen LogP contribution is -2.20. The molecule has 1 atom stereocenters. The van der Waals surface area contributed by atoms with Gasteiger partial charge in [0.15, 0.2) is 0 Å². The van der Waals surface area contributed by atoms with Gasteiger partial charge in [0.2, 0.25) is 5.88 Å². The highest BCUT2D eigenvalue weighted by molar-refractivity contribution is 5.38. The van der Waals surface area contributed by atoms with Gasteiger partial charge in [0.25, 0.3) is 0 Å². The van der Waals surface area contributed by atoms with Gasteiger partial charge in [-0.25, -0.2) is 10.8 Å². The zero-order valence-corrected chi connectivity index (χ0v) is 10.6. The van der Waals surface area contributed by atoms with Crippen LogP contribution in [0.4, 0.5) is 5.82 Å². The standard InChI is InChI=1S/C12H20N4O/c1-7(2)8(3)17-11-6-10(16-13)14-12(15-11)9-4-5-9/h6-9H,4-5,13H2,1-3H3,(H,14,15,16). The van der Waals surface area contributed by atoms with E-state index < -0.39 is 0 Å². The average Bonchev–Trinajstić information content (AvgIpc) is 3.12. The van der Waals surface area contributed by atoms with Crippen LogP contribution in [0.3, 0.4) is 0 Å². The molecule has 94 valence electrons. The summed E-state index contributed by atoms with van der Waals surface area (Å²) in [5.41, 5.74) is 2.56. The topological polar surface area (TPSA) is 73.1 Å². The van der Waals surface area contributed by atoms with Crippen LogP contribution in [-0.4, -0.2) is 16.1 Å². The van der Waals surface area contributed by atoms with E-state index in [0.29, 0.717) is 23.5 Å². The predicted molar refractivity (Wildman–Crippen MR) is 66.7 cm³/mol. The number of anilines is 1. The van der Waals surface area contributed by atoms with Crippen molar-refractivity contribution in [3.8, 4) is 5.88 Å². The van der Waals surface area contributed by atoms with Crippen molar-refractivity contribution < 1.29 is 4.74 Å². The molecule has 3 N–H and O–H groups in total. The Balaban J connectivity index is 2.17. The molecule has 1 unspecified atom stereocenters. The second-order valence-corrected chi connectivity index (χ2v) is 4.94. The van der Waals surface area contributed by atoms with Gasteiger partial charge in [0.05, 0.1) is 6.10 Å². The first-order valence-electron chi connectivity index (χ1n) is 6.12. The number of hydrogen-bond acceptors (Lipinski definition) is 5. The van der Waals surface area contributed by atoms with Gasteiger partial charge in [-0.1, -0.05) is 13.8 Å². The van der Waals surface area contributed by atoms with Gasteiger partial charge in [0, 0.05) is 12.0 Å². The van der Waals surface area contributed by atoms with Crippen LogP contribution in [0.2, 0.25) is 0 Å². The zero-order valence-electron chi connectivity index (χ0n) is 10.6. The van der Waals surface area contributed by atoms with E-state index in [4.69, 9.17) is 10.6 Å². The first-order valence-corrected chi connectivity index (χ1v) is 6.12. The monoisotopic (exact) mass is 236 g/mol. The first kappa shape index (κ1) is 12.1. The average molecular weight is 236 g/mol. The first-order chi connectivity index (χ1) is 8.10. The van der Waals surface area contributed by atoms with Crippen molar-refractivity contribution in [3.05, 3.63) is 11.9 Å². The Morgan fingerprint density at radius 1 is 1.35 bits per heavy atom. The van der Waals surface area contributed by atoms with E-state index >= 15 is 0 Å². The third kappa shape index (κ3) is 3.06. The van der Waals surface area contributed by atoms with E-state index in [2.05, 4.69) is 29.2 Å². The molecule has 1 saturated carbocycles. The largest absolute Gasteiger partial charge is 0.474 e. The Hall–Kier alpha value is -1.36. The number of rotatable bonds is 5. The van der Waals surface area contributed by atoms with Crippen molar-refractivity contribution in [2.24, 2.45) is 11.8 Å². The summed E-state index contributed by atoms with van der Waals surface area (Å²) in [6.07, 6.45) is 2.45. The third-order valence-electron chi connectivity index (χ3n) is 3.06. The summed E-state index contributed by atoms with van der Waals surface area (Å²) in [7, 11) is 0. The van der Waals surface area contributed by atoms with Crippen molar-refractivity contribution >= 4 is 5.82 Å². The van der Waals surface area contributed by atoms with Gasteiger partial charge >= 0.3 is 0 Å². The fraction of sp³-hybridized carbons (Fsp3) is 0.667. The molecule has 5 heteroatoms. The van der Waals surface area contributed by atoms with Gasteiger partial charge < -0.3 is 10.2 Å². The minimum absolute atomic E-state index is 0.127. The van der Waals surface area contributed by atoms with E-state index in [1.54, 1.807) is 6.07 Å². The van der Waals surface area contributed by atoms with Crippen LogP contribution >= 0.6 is 0 Å². The number of nitrogens with zero attached hydrogens (tertiary/aromatic N) is 2. The van der Waals surface area contributed by atoms with Crippen molar-refractivity contribution in [2.75, 3.05) is 5.43 Å². The number of nitrogens with two attached hydrogens (primary N) is 1. The number of ether oxygens (including phenoxy) is 1. The Bertz CT molecular complexity index is 390. The van der Waals surface area contributed by atoms with Gasteiger partial charge in [-0.2, -0.15) is 4.98 Å². The fourth-order valence-electron chi connectivity index (χ4n) is 1.43. The number of nitrogen functional groups attached to an aromatic ring is 1. The second kappa shape index (κ2) is 4.87. The summed E-state index contributed by atoms with van der Waals surface area (Å²) in [6, 6.07) is 1.74. The molecule has 2 rings (SSSR count). The molecule has 0 aromatic carbocycles. The smallest absolute Gasteiger partial charge is 0.219 e. The predicted octanol–water partition coefficient (Wildman–Crippen LogP) is 2.06. The Morgan fingerprint density at radius 2 is 2.06 bits per heavy atom. The molecule has 1 aromatic heterocycles. The SMILES string of the molecule is CC(C)C(C)Oc1cc(NN)nc(C2CC2)n1.